The summed E-state index contributed by atoms with van der Waals surface area (Å²) in [7, 11) is 0. The molecular weight excluding hydrogens is 643 g/mol. The number of carbonyl (C=O) groups is 2. The van der Waals surface area contributed by atoms with Crippen LogP contribution in [0.3, 0.4) is 0 Å². The van der Waals surface area contributed by atoms with Gasteiger partial charge in [-0.3, -0.25) is 9.59 Å². The standard InChI is InChI=1S/C36H29BrClFN2O3/c1-22-16-24(4-10-30(22)39)25-5-11-31-26(17-25)18-32(41(31)21-23-2-7-28(38)8-3-23)35(43)40-14-12-36(13-15-40)20-33(42)29-9-6-27(37)19-34(29)44-36/h2-11,16-19H,12-15,20-21H2,1H3. The van der Waals surface area contributed by atoms with Crippen molar-refractivity contribution in [3.63, 3.8) is 0 Å². The van der Waals surface area contributed by atoms with Crippen LogP contribution < -0.4 is 4.74 Å². The monoisotopic (exact) mass is 670 g/mol. The Hall–Kier alpha value is -3.94. The van der Waals surface area contributed by atoms with E-state index in [-0.39, 0.29) is 17.5 Å². The molecule has 1 fully saturated rings. The second-order valence-corrected chi connectivity index (χ2v) is 13.1. The van der Waals surface area contributed by atoms with Crippen LogP contribution in [0, 0.1) is 12.7 Å². The van der Waals surface area contributed by atoms with Gasteiger partial charge in [0.25, 0.3) is 5.91 Å². The van der Waals surface area contributed by atoms with Gasteiger partial charge in [-0.15, -0.1) is 0 Å². The maximum Gasteiger partial charge on any atom is 0.270 e. The van der Waals surface area contributed by atoms with Gasteiger partial charge in [0.15, 0.2) is 5.78 Å². The Morgan fingerprint density at radius 2 is 1.68 bits per heavy atom. The first kappa shape index (κ1) is 28.8. The molecule has 5 aromatic rings. The van der Waals surface area contributed by atoms with Crippen LogP contribution in [-0.2, 0) is 6.54 Å². The first-order chi connectivity index (χ1) is 21.2. The van der Waals surface area contributed by atoms with Crippen molar-refractivity contribution < 1.29 is 18.7 Å². The predicted octanol–water partition coefficient (Wildman–Crippen LogP) is 8.86. The Labute approximate surface area is 268 Å². The molecular formula is C36H29BrClFN2O3. The molecule has 7 rings (SSSR count). The molecule has 1 saturated heterocycles. The van der Waals surface area contributed by atoms with Gasteiger partial charge in [-0.25, -0.2) is 4.39 Å². The van der Waals surface area contributed by atoms with Crippen molar-refractivity contribution in [1.29, 1.82) is 0 Å². The van der Waals surface area contributed by atoms with Crippen LogP contribution in [0.5, 0.6) is 5.75 Å². The van der Waals surface area contributed by atoms with Crippen molar-refractivity contribution in [2.24, 2.45) is 0 Å². The molecule has 4 aromatic carbocycles. The van der Waals surface area contributed by atoms with E-state index >= 15 is 0 Å². The Kier molecular flexibility index (Phi) is 7.34. The lowest BCUT2D eigenvalue weighted by molar-refractivity contribution is -0.00596. The number of Topliss-reactive ketones (excluding diaryl/α,β-unsaturated/α-hetero) is 1. The average Bonchev–Trinajstić information content (AvgIpc) is 3.36. The van der Waals surface area contributed by atoms with Crippen molar-refractivity contribution in [2.75, 3.05) is 13.1 Å². The summed E-state index contributed by atoms with van der Waals surface area (Å²) in [5.74, 6) is 0.383. The minimum absolute atomic E-state index is 0.0607. The summed E-state index contributed by atoms with van der Waals surface area (Å²) in [6.45, 7) is 3.22. The molecule has 8 heteroatoms. The highest BCUT2D eigenvalue weighted by molar-refractivity contribution is 9.10. The van der Waals surface area contributed by atoms with Gasteiger partial charge in [-0.1, -0.05) is 51.8 Å². The molecule has 1 amide bonds. The van der Waals surface area contributed by atoms with E-state index in [2.05, 4.69) is 26.6 Å². The minimum Gasteiger partial charge on any atom is -0.486 e. The fraction of sp³-hybridized carbons (Fsp3) is 0.222. The number of ketones is 1. The molecule has 0 bridgehead atoms. The quantitative estimate of drug-likeness (QED) is 0.192. The molecule has 0 N–H and O–H groups in total. The molecule has 0 aliphatic carbocycles. The number of aryl methyl sites for hydroxylation is 1. The third-order valence-corrected chi connectivity index (χ3v) is 9.63. The summed E-state index contributed by atoms with van der Waals surface area (Å²) >= 11 is 9.63. The Balaban J connectivity index is 1.20. The zero-order valence-corrected chi connectivity index (χ0v) is 26.4. The smallest absolute Gasteiger partial charge is 0.270 e. The molecule has 2 aliphatic rings. The van der Waals surface area contributed by atoms with Gasteiger partial charge in [0, 0.05) is 52.9 Å². The summed E-state index contributed by atoms with van der Waals surface area (Å²) in [5, 5.41) is 1.58. The number of amides is 1. The number of likely N-dealkylation sites (tertiary alicyclic amines) is 1. The Morgan fingerprint density at radius 1 is 0.955 bits per heavy atom. The van der Waals surface area contributed by atoms with Crippen molar-refractivity contribution in [2.45, 2.75) is 38.3 Å². The van der Waals surface area contributed by atoms with E-state index in [0.29, 0.717) is 66.5 Å². The van der Waals surface area contributed by atoms with Crippen molar-refractivity contribution in [3.8, 4) is 16.9 Å². The van der Waals surface area contributed by atoms with Crippen LogP contribution in [0.4, 0.5) is 4.39 Å². The molecule has 0 radical (unpaired) electrons. The SMILES string of the molecule is Cc1cc(-c2ccc3c(c2)cc(C(=O)N2CCC4(CC2)CC(=O)c2ccc(Br)cc2O4)n3Cc2ccc(Cl)cc2)ccc1F. The number of rotatable bonds is 4. The van der Waals surface area contributed by atoms with Crippen LogP contribution in [0.1, 0.15) is 51.2 Å². The normalized spacial score (nSPS) is 15.8. The van der Waals surface area contributed by atoms with Crippen LogP contribution in [0.2, 0.25) is 5.02 Å². The van der Waals surface area contributed by atoms with E-state index in [1.807, 2.05) is 65.6 Å². The van der Waals surface area contributed by atoms with Gasteiger partial charge in [0.05, 0.1) is 12.0 Å². The molecule has 1 spiro atoms. The molecule has 44 heavy (non-hydrogen) atoms. The van der Waals surface area contributed by atoms with Crippen molar-refractivity contribution in [3.05, 3.63) is 123 Å². The topological polar surface area (TPSA) is 51.5 Å². The minimum atomic E-state index is -0.611. The second kappa shape index (κ2) is 11.2. The third kappa shape index (κ3) is 5.33. The largest absolute Gasteiger partial charge is 0.486 e. The Morgan fingerprint density at radius 3 is 2.43 bits per heavy atom. The molecule has 222 valence electrons. The predicted molar refractivity (Wildman–Crippen MR) is 174 cm³/mol. The van der Waals surface area contributed by atoms with Crippen LogP contribution in [-0.4, -0.2) is 39.8 Å². The van der Waals surface area contributed by atoms with Crippen LogP contribution in [0.25, 0.3) is 22.0 Å². The zero-order chi connectivity index (χ0) is 30.6. The highest BCUT2D eigenvalue weighted by Gasteiger charge is 2.44. The molecule has 5 nitrogen and oxygen atoms in total. The number of carbonyl (C=O) groups excluding carboxylic acids is 2. The average molecular weight is 672 g/mol. The summed E-state index contributed by atoms with van der Waals surface area (Å²) < 4.78 is 23.3. The van der Waals surface area contributed by atoms with Crippen molar-refractivity contribution >= 4 is 50.1 Å². The second-order valence-electron chi connectivity index (χ2n) is 11.8. The number of hydrogen-bond acceptors (Lipinski definition) is 3. The van der Waals surface area contributed by atoms with E-state index in [1.165, 1.54) is 6.07 Å². The number of aromatic nitrogens is 1. The number of piperidine rings is 1. The highest BCUT2D eigenvalue weighted by Crippen LogP contribution is 2.41. The summed E-state index contributed by atoms with van der Waals surface area (Å²) in [4.78, 5) is 29.1. The number of nitrogens with zero attached hydrogens (tertiary/aromatic N) is 2. The molecule has 0 unspecified atom stereocenters. The summed E-state index contributed by atoms with van der Waals surface area (Å²) in [5.41, 5.74) is 5.00. The summed E-state index contributed by atoms with van der Waals surface area (Å²) in [6.07, 6.45) is 1.45. The molecule has 1 aromatic heterocycles. The number of benzene rings is 4. The first-order valence-electron chi connectivity index (χ1n) is 14.6. The van der Waals surface area contributed by atoms with Crippen LogP contribution >= 0.6 is 27.5 Å². The van der Waals surface area contributed by atoms with Gasteiger partial charge in [0.2, 0.25) is 0 Å². The first-order valence-corrected chi connectivity index (χ1v) is 15.8. The fourth-order valence-corrected chi connectivity index (χ4v) is 6.89. The van der Waals surface area contributed by atoms with E-state index in [0.717, 1.165) is 32.1 Å². The maximum atomic E-state index is 14.2. The van der Waals surface area contributed by atoms with Gasteiger partial charge in [-0.05, 0) is 89.8 Å². The van der Waals surface area contributed by atoms with E-state index in [1.54, 1.807) is 19.1 Å². The lowest BCUT2D eigenvalue weighted by Crippen LogP contribution is -2.52. The maximum absolute atomic E-state index is 14.2. The number of halogens is 3. The van der Waals surface area contributed by atoms with E-state index in [9.17, 15) is 14.0 Å². The molecule has 0 atom stereocenters. The van der Waals surface area contributed by atoms with Gasteiger partial charge < -0.3 is 14.2 Å². The van der Waals surface area contributed by atoms with Gasteiger partial charge >= 0.3 is 0 Å². The lowest BCUT2D eigenvalue weighted by atomic mass is 9.82. The van der Waals surface area contributed by atoms with Crippen molar-refractivity contribution in [1.82, 2.24) is 9.47 Å². The number of hydrogen-bond donors (Lipinski definition) is 0. The number of ether oxygens (including phenoxy) is 1. The number of fused-ring (bicyclic) bond motifs is 2. The zero-order valence-electron chi connectivity index (χ0n) is 24.1. The van der Waals surface area contributed by atoms with Gasteiger partial charge in [-0.2, -0.15) is 0 Å². The van der Waals surface area contributed by atoms with Gasteiger partial charge in [0.1, 0.15) is 22.9 Å². The Bertz CT molecular complexity index is 1940. The third-order valence-electron chi connectivity index (χ3n) is 8.88. The highest BCUT2D eigenvalue weighted by atomic mass is 79.9. The summed E-state index contributed by atoms with van der Waals surface area (Å²) in [6, 6.07) is 26.3. The fourth-order valence-electron chi connectivity index (χ4n) is 6.42. The molecule has 0 saturated carbocycles. The van der Waals surface area contributed by atoms with Crippen LogP contribution in [0.15, 0.2) is 89.4 Å². The van der Waals surface area contributed by atoms with E-state index < -0.39 is 5.60 Å². The molecule has 2 aliphatic heterocycles. The lowest BCUT2D eigenvalue weighted by Gasteiger charge is -2.44. The van der Waals surface area contributed by atoms with E-state index in [4.69, 9.17) is 16.3 Å². The molecule has 3 heterocycles.